The van der Waals surface area contributed by atoms with Gasteiger partial charge < -0.3 is 15.0 Å². The van der Waals surface area contributed by atoms with Crippen LogP contribution in [-0.4, -0.2) is 31.9 Å². The number of ether oxygens (including phenoxy) is 1. The maximum atomic E-state index is 11.7. The molecule has 0 radical (unpaired) electrons. The summed E-state index contributed by atoms with van der Waals surface area (Å²) in [6.07, 6.45) is 1.82. The zero-order valence-electron chi connectivity index (χ0n) is 14.8. The van der Waals surface area contributed by atoms with Gasteiger partial charge in [0.15, 0.2) is 0 Å². The number of hydrogen-bond acceptors (Lipinski definition) is 4. The summed E-state index contributed by atoms with van der Waals surface area (Å²) in [6, 6.07) is 10.8. The number of hydrogen-bond donors (Lipinski definition) is 2. The van der Waals surface area contributed by atoms with Gasteiger partial charge in [-0.25, -0.2) is 4.79 Å². The van der Waals surface area contributed by atoms with Crippen molar-refractivity contribution < 1.29 is 14.7 Å². The summed E-state index contributed by atoms with van der Waals surface area (Å²) in [5.41, 5.74) is 3.46. The molecule has 7 heteroatoms. The highest BCUT2D eigenvalue weighted by molar-refractivity contribution is 6.33. The average Bonchev–Trinajstić information content (AvgIpc) is 2.66. The van der Waals surface area contributed by atoms with Crippen LogP contribution in [0.15, 0.2) is 36.4 Å². The van der Waals surface area contributed by atoms with Gasteiger partial charge in [0.05, 0.1) is 23.5 Å². The fourth-order valence-electron chi connectivity index (χ4n) is 3.25. The number of rotatable bonds is 4. The van der Waals surface area contributed by atoms with Crippen molar-refractivity contribution in [2.75, 3.05) is 30.7 Å². The van der Waals surface area contributed by atoms with E-state index in [-0.39, 0.29) is 0 Å². The number of methoxy groups -OCH3 is 1. The Kier molecular flexibility index (Phi) is 5.54. The smallest absolute Gasteiger partial charge is 0.345 e. The molecule has 2 aromatic rings. The lowest BCUT2D eigenvalue weighted by Gasteiger charge is -2.33. The minimum absolute atomic E-state index is 0.358. The van der Waals surface area contributed by atoms with E-state index >= 15 is 0 Å². The molecule has 3 rings (SSSR count). The molecule has 2 amide bonds. The van der Waals surface area contributed by atoms with Gasteiger partial charge in [-0.05, 0) is 48.2 Å². The molecule has 0 saturated carbocycles. The zero-order valence-corrected chi connectivity index (χ0v) is 15.6. The van der Waals surface area contributed by atoms with Crippen LogP contribution in [0.1, 0.15) is 17.5 Å². The first-order chi connectivity index (χ1) is 12.5. The topological polar surface area (TPSA) is 65.0 Å². The predicted octanol–water partition coefficient (Wildman–Crippen LogP) is 3.84. The van der Waals surface area contributed by atoms with Gasteiger partial charge in [0, 0.05) is 20.1 Å². The normalized spacial score (nSPS) is 13.2. The Morgan fingerprint density at radius 2 is 2.19 bits per heavy atom. The Bertz CT molecular complexity index is 813. The number of nitrogens with zero attached hydrogens (tertiary/aromatic N) is 2. The van der Waals surface area contributed by atoms with Crippen molar-refractivity contribution in [3.63, 3.8) is 0 Å². The third kappa shape index (κ3) is 3.71. The van der Waals surface area contributed by atoms with Crippen LogP contribution in [0.25, 0.3) is 0 Å². The molecule has 0 spiro atoms. The van der Waals surface area contributed by atoms with E-state index in [1.165, 1.54) is 7.05 Å². The third-order valence-corrected chi connectivity index (χ3v) is 4.76. The summed E-state index contributed by atoms with van der Waals surface area (Å²) in [6.45, 7) is 1.60. The SMILES string of the molecule is CNC(=O)N(O)c1cc(Cl)c2c(c1)CCCN2Cc1cccc(OC)c1. The van der Waals surface area contributed by atoms with E-state index in [1.54, 1.807) is 13.2 Å². The molecule has 0 aromatic heterocycles. The van der Waals surface area contributed by atoms with E-state index in [2.05, 4.69) is 16.3 Å². The number of carbonyl (C=O) groups excluding carboxylic acids is 1. The van der Waals surface area contributed by atoms with Crippen LogP contribution < -0.4 is 20.0 Å². The van der Waals surface area contributed by atoms with E-state index in [0.717, 1.165) is 42.0 Å². The van der Waals surface area contributed by atoms with Crippen LogP contribution in [0, 0.1) is 0 Å². The van der Waals surface area contributed by atoms with Gasteiger partial charge in [0.1, 0.15) is 5.75 Å². The van der Waals surface area contributed by atoms with Crippen LogP contribution in [0.5, 0.6) is 5.75 Å². The molecule has 0 aliphatic carbocycles. The number of aryl methyl sites for hydroxylation is 1. The minimum atomic E-state index is -0.606. The van der Waals surface area contributed by atoms with Crippen molar-refractivity contribution in [3.05, 3.63) is 52.5 Å². The molecule has 0 bridgehead atoms. The summed E-state index contributed by atoms with van der Waals surface area (Å²) in [5, 5.41) is 13.5. The molecule has 0 unspecified atom stereocenters. The predicted molar refractivity (Wildman–Crippen MR) is 103 cm³/mol. The summed E-state index contributed by atoms with van der Waals surface area (Å²) in [7, 11) is 3.11. The van der Waals surface area contributed by atoms with Crippen LogP contribution >= 0.6 is 11.6 Å². The summed E-state index contributed by atoms with van der Waals surface area (Å²) >= 11 is 6.52. The molecule has 1 heterocycles. The highest BCUT2D eigenvalue weighted by Gasteiger charge is 2.23. The minimum Gasteiger partial charge on any atom is -0.497 e. The molecular formula is C19H22ClN3O3. The molecule has 6 nitrogen and oxygen atoms in total. The second-order valence-corrected chi connectivity index (χ2v) is 6.59. The van der Waals surface area contributed by atoms with Crippen molar-refractivity contribution in [1.82, 2.24) is 5.32 Å². The number of fused-ring (bicyclic) bond motifs is 1. The number of hydroxylamine groups is 1. The monoisotopic (exact) mass is 375 g/mol. The standard InChI is InChI=1S/C19H22ClN3O3/c1-21-19(24)23(25)15-10-14-6-4-8-22(18(14)17(20)11-15)12-13-5-3-7-16(9-13)26-2/h3,5,7,9-11,25H,4,6,8,12H2,1-2H3,(H,21,24). The quantitative estimate of drug-likeness (QED) is 0.629. The lowest BCUT2D eigenvalue weighted by Crippen LogP contribution is -2.36. The lowest BCUT2D eigenvalue weighted by molar-refractivity contribution is 0.206. The summed E-state index contributed by atoms with van der Waals surface area (Å²) < 4.78 is 5.30. The van der Waals surface area contributed by atoms with Crippen molar-refractivity contribution in [2.24, 2.45) is 0 Å². The molecule has 1 aliphatic heterocycles. The van der Waals surface area contributed by atoms with Crippen molar-refractivity contribution >= 4 is 29.0 Å². The zero-order chi connectivity index (χ0) is 18.7. The number of carbonyl (C=O) groups is 1. The van der Waals surface area contributed by atoms with E-state index in [9.17, 15) is 10.0 Å². The van der Waals surface area contributed by atoms with E-state index < -0.39 is 6.03 Å². The van der Waals surface area contributed by atoms with E-state index in [0.29, 0.717) is 22.3 Å². The Balaban J connectivity index is 1.90. The molecule has 0 saturated heterocycles. The first-order valence-corrected chi connectivity index (χ1v) is 8.82. The van der Waals surface area contributed by atoms with Crippen molar-refractivity contribution in [2.45, 2.75) is 19.4 Å². The van der Waals surface area contributed by atoms with Crippen LogP contribution in [0.3, 0.4) is 0 Å². The van der Waals surface area contributed by atoms with E-state index in [1.807, 2.05) is 24.3 Å². The molecule has 2 aromatic carbocycles. The molecule has 26 heavy (non-hydrogen) atoms. The molecule has 1 aliphatic rings. The van der Waals surface area contributed by atoms with Crippen LogP contribution in [0.2, 0.25) is 5.02 Å². The van der Waals surface area contributed by atoms with Crippen LogP contribution in [-0.2, 0) is 13.0 Å². The number of halogens is 1. The van der Waals surface area contributed by atoms with Gasteiger partial charge in [-0.3, -0.25) is 5.21 Å². The maximum absolute atomic E-state index is 11.7. The Labute approximate surface area is 157 Å². The summed E-state index contributed by atoms with van der Waals surface area (Å²) in [5.74, 6) is 0.822. The van der Waals surface area contributed by atoms with E-state index in [4.69, 9.17) is 16.3 Å². The number of benzene rings is 2. The average molecular weight is 376 g/mol. The molecular weight excluding hydrogens is 354 g/mol. The second kappa shape index (κ2) is 7.85. The van der Waals surface area contributed by atoms with Gasteiger partial charge >= 0.3 is 6.03 Å². The number of amides is 2. The highest BCUT2D eigenvalue weighted by atomic mass is 35.5. The molecule has 138 valence electrons. The first-order valence-electron chi connectivity index (χ1n) is 8.44. The van der Waals surface area contributed by atoms with Gasteiger partial charge in [0.25, 0.3) is 0 Å². The molecule has 0 fully saturated rings. The van der Waals surface area contributed by atoms with Gasteiger partial charge in [-0.1, -0.05) is 23.7 Å². The van der Waals surface area contributed by atoms with Crippen molar-refractivity contribution in [3.8, 4) is 5.75 Å². The first kappa shape index (κ1) is 18.4. The summed E-state index contributed by atoms with van der Waals surface area (Å²) in [4.78, 5) is 13.9. The van der Waals surface area contributed by atoms with Gasteiger partial charge in [-0.15, -0.1) is 0 Å². The molecule has 0 atom stereocenters. The fraction of sp³-hybridized carbons (Fsp3) is 0.316. The van der Waals surface area contributed by atoms with Gasteiger partial charge in [-0.2, -0.15) is 5.06 Å². The Morgan fingerprint density at radius 3 is 2.92 bits per heavy atom. The third-order valence-electron chi connectivity index (χ3n) is 4.48. The lowest BCUT2D eigenvalue weighted by atomic mass is 10.00. The Morgan fingerprint density at radius 1 is 1.38 bits per heavy atom. The van der Waals surface area contributed by atoms with Gasteiger partial charge in [0.2, 0.25) is 0 Å². The number of anilines is 2. The maximum Gasteiger partial charge on any atom is 0.345 e. The fourth-order valence-corrected chi connectivity index (χ4v) is 3.60. The number of nitrogens with one attached hydrogen (secondary N) is 1. The largest absolute Gasteiger partial charge is 0.497 e. The van der Waals surface area contributed by atoms with Crippen molar-refractivity contribution in [1.29, 1.82) is 0 Å². The second-order valence-electron chi connectivity index (χ2n) is 6.18. The Hall–Kier alpha value is -2.44. The number of urea groups is 1. The molecule has 2 N–H and O–H groups in total. The van der Waals surface area contributed by atoms with Crippen LogP contribution in [0.4, 0.5) is 16.2 Å². The highest BCUT2D eigenvalue weighted by Crippen LogP contribution is 2.38.